The number of aromatic nitrogens is 1. The number of benzene rings is 1. The van der Waals surface area contributed by atoms with Gasteiger partial charge in [0.2, 0.25) is 0 Å². The number of thioether (sulfide) groups is 1. The second-order valence-electron chi connectivity index (χ2n) is 8.56. The van der Waals surface area contributed by atoms with E-state index in [4.69, 9.17) is 0 Å². The molecule has 1 aromatic carbocycles. The maximum Gasteiger partial charge on any atom is 0.131 e. The highest BCUT2D eigenvalue weighted by Crippen LogP contribution is 2.35. The number of rotatable bonds is 7. The molecule has 1 unspecified atom stereocenters. The summed E-state index contributed by atoms with van der Waals surface area (Å²) in [4.78, 5) is 11.6. The van der Waals surface area contributed by atoms with Gasteiger partial charge in [0.05, 0.1) is 5.82 Å². The minimum Gasteiger partial charge on any atom is -0.356 e. The maximum atomic E-state index is 4.60. The first kappa shape index (κ1) is 22.4. The number of hydrogen-bond acceptors (Lipinski definition) is 5. The third-order valence-corrected chi connectivity index (χ3v) is 6.33. The van der Waals surface area contributed by atoms with Crippen LogP contribution in [0.2, 0.25) is 0 Å². The van der Waals surface area contributed by atoms with Crippen LogP contribution in [0.25, 0.3) is 15.7 Å². The van der Waals surface area contributed by atoms with Crippen molar-refractivity contribution in [1.82, 2.24) is 14.8 Å². The quantitative estimate of drug-likeness (QED) is 0.590. The van der Waals surface area contributed by atoms with Crippen LogP contribution >= 0.6 is 11.8 Å². The minimum absolute atomic E-state index is 0.478. The molecule has 160 valence electrons. The molecule has 0 bridgehead atoms. The largest absolute Gasteiger partial charge is 0.356 e. The number of allylic oxidation sites excluding steroid dienone is 2. The molecule has 1 aliphatic rings. The number of anilines is 1. The van der Waals surface area contributed by atoms with E-state index < -0.39 is 0 Å². The molecule has 0 aliphatic carbocycles. The van der Waals surface area contributed by atoms with Gasteiger partial charge in [-0.05, 0) is 54.8 Å². The predicted octanol–water partition coefficient (Wildman–Crippen LogP) is 6.02. The van der Waals surface area contributed by atoms with Crippen LogP contribution in [0, 0.1) is 5.92 Å². The summed E-state index contributed by atoms with van der Waals surface area (Å²) in [7, 11) is 2.18. The first-order valence-electron chi connectivity index (χ1n) is 10.6. The lowest BCUT2D eigenvalue weighted by Crippen LogP contribution is -2.50. The molecule has 4 nitrogen and oxygen atoms in total. The normalized spacial score (nSPS) is 18.1. The van der Waals surface area contributed by atoms with Crippen LogP contribution < -0.4 is 5.32 Å². The van der Waals surface area contributed by atoms with Gasteiger partial charge >= 0.3 is 0 Å². The van der Waals surface area contributed by atoms with Crippen LogP contribution in [-0.4, -0.2) is 47.5 Å². The Morgan fingerprint density at radius 3 is 2.67 bits per heavy atom. The average molecular weight is 423 g/mol. The molecule has 5 heteroatoms. The maximum absolute atomic E-state index is 4.60. The number of hydrogen-bond donors (Lipinski definition) is 1. The summed E-state index contributed by atoms with van der Waals surface area (Å²) < 4.78 is 0. The second-order valence-corrected chi connectivity index (χ2v) is 9.90. The lowest BCUT2D eigenvalue weighted by Gasteiger charge is -2.39. The van der Waals surface area contributed by atoms with Crippen molar-refractivity contribution in [1.29, 1.82) is 0 Å². The molecule has 0 radical (unpaired) electrons. The third kappa shape index (κ3) is 5.67. The molecule has 1 saturated heterocycles. The molecule has 1 aromatic heterocycles. The van der Waals surface area contributed by atoms with E-state index in [9.17, 15) is 0 Å². The summed E-state index contributed by atoms with van der Waals surface area (Å²) in [6.07, 6.45) is 4.23. The van der Waals surface area contributed by atoms with E-state index in [2.05, 4.69) is 98.3 Å². The number of likely N-dealkylation sites (N-methyl/N-ethyl adjacent to an activating group) is 1. The van der Waals surface area contributed by atoms with Gasteiger partial charge in [0.25, 0.3) is 0 Å². The van der Waals surface area contributed by atoms with Crippen molar-refractivity contribution in [2.24, 2.45) is 5.92 Å². The number of fused-ring (bicyclic) bond motifs is 1. The van der Waals surface area contributed by atoms with Gasteiger partial charge in [0, 0.05) is 42.2 Å². The fraction of sp³-hybridized carbons (Fsp3) is 0.400. The molecule has 0 amide bonds. The van der Waals surface area contributed by atoms with Crippen LogP contribution in [-0.2, 0) is 0 Å². The first-order valence-corrected chi connectivity index (χ1v) is 11.4. The van der Waals surface area contributed by atoms with Gasteiger partial charge in [-0.25, -0.2) is 4.98 Å². The standard InChI is InChI=1S/C25H34N4S/c1-17(2)12-24(30-18(3)4)21-8-9-22-15-26-25(14-23(22)13-21)27-20(6)29-11-10-28(7)19(5)16-29/h8-9,12-15,17,19H,3,6,10-11,16H2,1-2,4-5,7H3,(H,26,27)/b24-12-. The predicted molar refractivity (Wildman–Crippen MR) is 133 cm³/mol. The van der Waals surface area contributed by atoms with Gasteiger partial charge in [0.1, 0.15) is 5.82 Å². The summed E-state index contributed by atoms with van der Waals surface area (Å²) in [5.74, 6) is 2.22. The van der Waals surface area contributed by atoms with Crippen molar-refractivity contribution in [3.8, 4) is 0 Å². The van der Waals surface area contributed by atoms with Crippen molar-refractivity contribution < 1.29 is 0 Å². The van der Waals surface area contributed by atoms with Crippen LogP contribution in [0.15, 0.2) is 60.4 Å². The zero-order valence-electron chi connectivity index (χ0n) is 18.9. The highest BCUT2D eigenvalue weighted by molar-refractivity contribution is 8.11. The van der Waals surface area contributed by atoms with E-state index in [1.54, 1.807) is 11.8 Å². The van der Waals surface area contributed by atoms with E-state index in [-0.39, 0.29) is 0 Å². The molecule has 1 aliphatic heterocycles. The Balaban J connectivity index is 1.82. The molecule has 1 N–H and O–H groups in total. The summed E-state index contributed by atoms with van der Waals surface area (Å²) in [6.45, 7) is 20.0. The highest BCUT2D eigenvalue weighted by Gasteiger charge is 2.21. The molecular weight excluding hydrogens is 388 g/mol. The summed E-state index contributed by atoms with van der Waals surface area (Å²) in [5, 5.41) is 5.72. The lowest BCUT2D eigenvalue weighted by molar-refractivity contribution is 0.131. The van der Waals surface area contributed by atoms with Crippen molar-refractivity contribution in [3.63, 3.8) is 0 Å². The first-order chi connectivity index (χ1) is 14.2. The molecule has 3 rings (SSSR count). The van der Waals surface area contributed by atoms with Crippen molar-refractivity contribution >= 4 is 33.3 Å². The molecule has 1 fully saturated rings. The van der Waals surface area contributed by atoms with Gasteiger partial charge in [-0.3, -0.25) is 0 Å². The Morgan fingerprint density at radius 1 is 1.23 bits per heavy atom. The monoisotopic (exact) mass is 422 g/mol. The number of piperazine rings is 1. The Kier molecular flexibility index (Phi) is 7.27. The number of nitrogens with zero attached hydrogens (tertiary/aromatic N) is 3. The van der Waals surface area contributed by atoms with Crippen molar-refractivity contribution in [3.05, 3.63) is 66.0 Å². The molecule has 0 saturated carbocycles. The fourth-order valence-electron chi connectivity index (χ4n) is 3.56. The smallest absolute Gasteiger partial charge is 0.131 e. The minimum atomic E-state index is 0.478. The summed E-state index contributed by atoms with van der Waals surface area (Å²) >= 11 is 1.73. The third-order valence-electron chi connectivity index (χ3n) is 5.39. The van der Waals surface area contributed by atoms with Gasteiger partial charge in [0.15, 0.2) is 0 Å². The van der Waals surface area contributed by atoms with E-state index in [1.807, 2.05) is 6.20 Å². The Labute approximate surface area is 185 Å². The van der Waals surface area contributed by atoms with Crippen molar-refractivity contribution in [2.75, 3.05) is 32.0 Å². The van der Waals surface area contributed by atoms with Gasteiger partial charge in [-0.1, -0.05) is 57.0 Å². The SMILES string of the molecule is C=C(C)S/C(=C\C(C)C)c1ccc2cnc(NC(=C)N3CCN(C)C(C)C3)cc2c1. The number of nitrogens with one attached hydrogen (secondary N) is 1. The lowest BCUT2D eigenvalue weighted by atomic mass is 10.1. The molecule has 2 aromatic rings. The zero-order chi connectivity index (χ0) is 21.8. The van der Waals surface area contributed by atoms with Crippen molar-refractivity contribution in [2.45, 2.75) is 33.7 Å². The summed E-state index contributed by atoms with van der Waals surface area (Å²) in [5.41, 5.74) is 1.22. The molecule has 30 heavy (non-hydrogen) atoms. The van der Waals surface area contributed by atoms with Gasteiger partial charge in [-0.15, -0.1) is 0 Å². The van der Waals surface area contributed by atoms with Crippen LogP contribution in [0.1, 0.15) is 33.3 Å². The molecule has 2 heterocycles. The topological polar surface area (TPSA) is 31.4 Å². The van der Waals surface area contributed by atoms with Gasteiger partial charge < -0.3 is 15.1 Å². The summed E-state index contributed by atoms with van der Waals surface area (Å²) in [6, 6.07) is 9.19. The molecular formula is C25H34N4S. The highest BCUT2D eigenvalue weighted by atomic mass is 32.2. The van der Waals surface area contributed by atoms with Crippen LogP contribution in [0.3, 0.4) is 0 Å². The van der Waals surface area contributed by atoms with Gasteiger partial charge in [-0.2, -0.15) is 0 Å². The Hall–Kier alpha value is -2.24. The molecule has 1 atom stereocenters. The fourth-order valence-corrected chi connectivity index (χ4v) is 4.52. The van der Waals surface area contributed by atoms with Crippen LogP contribution in [0.5, 0.6) is 0 Å². The average Bonchev–Trinajstić information content (AvgIpc) is 2.68. The van der Waals surface area contributed by atoms with E-state index in [0.717, 1.165) is 41.6 Å². The van der Waals surface area contributed by atoms with E-state index in [1.165, 1.54) is 15.9 Å². The van der Waals surface area contributed by atoms with E-state index >= 15 is 0 Å². The second kappa shape index (κ2) is 9.71. The zero-order valence-corrected chi connectivity index (χ0v) is 19.7. The number of pyridine rings is 1. The van der Waals surface area contributed by atoms with Crippen LogP contribution in [0.4, 0.5) is 5.82 Å². The Morgan fingerprint density at radius 2 is 2.00 bits per heavy atom. The Bertz CT molecular complexity index is 963. The molecule has 0 spiro atoms. The van der Waals surface area contributed by atoms with E-state index in [0.29, 0.717) is 12.0 Å².